The number of esters is 1. The molecule has 2 aromatic rings. The predicted molar refractivity (Wildman–Crippen MR) is 121 cm³/mol. The maximum Gasteiger partial charge on any atom is 0.308 e. The molecule has 0 fully saturated rings. The maximum absolute atomic E-state index is 12.9. The molecule has 2 aliphatic rings. The first kappa shape index (κ1) is 22.9. The minimum atomic E-state index is -0.690. The number of Topliss-reactive ketones (excluding diaryl/α,β-unsaturated/α-hetero) is 1. The molecule has 7 nitrogen and oxygen atoms in total. The Morgan fingerprint density at radius 3 is 2.55 bits per heavy atom. The minimum absolute atomic E-state index is 0.0713. The Balaban J connectivity index is 1.52. The van der Waals surface area contributed by atoms with Gasteiger partial charge in [0.2, 0.25) is 0 Å². The molecule has 0 aromatic heterocycles. The highest BCUT2D eigenvalue weighted by molar-refractivity contribution is 6.03. The normalized spacial score (nSPS) is 19.6. The number of aromatic hydroxyl groups is 1. The summed E-state index contributed by atoms with van der Waals surface area (Å²) in [7, 11) is 0. The van der Waals surface area contributed by atoms with Crippen LogP contribution in [0.25, 0.3) is 0 Å². The molecule has 4 rings (SSSR count). The van der Waals surface area contributed by atoms with Gasteiger partial charge >= 0.3 is 5.97 Å². The zero-order chi connectivity index (χ0) is 23.7. The van der Waals surface area contributed by atoms with Crippen molar-refractivity contribution in [2.75, 3.05) is 0 Å². The first-order valence-corrected chi connectivity index (χ1v) is 11.1. The Morgan fingerprint density at radius 2 is 1.88 bits per heavy atom. The lowest BCUT2D eigenvalue weighted by Gasteiger charge is -2.26. The van der Waals surface area contributed by atoms with Gasteiger partial charge in [0.1, 0.15) is 40.8 Å². The SMILES string of the molecule is CC(=O)Oc1ccc([C@@H]2CC(=O)c3c(cc4c(c3O)C[C@H]([C@@H](O)CCC=C(C)C)O4)O2)cc1. The fourth-order valence-corrected chi connectivity index (χ4v) is 4.24. The molecule has 2 aromatic carbocycles. The highest BCUT2D eigenvalue weighted by Crippen LogP contribution is 2.48. The van der Waals surface area contributed by atoms with Gasteiger partial charge in [0, 0.05) is 25.0 Å². The zero-order valence-electron chi connectivity index (χ0n) is 19.0. The van der Waals surface area contributed by atoms with Crippen molar-refractivity contribution in [1.29, 1.82) is 0 Å². The number of phenolic OH excluding ortho intramolecular Hbond substituents is 1. The molecule has 0 saturated heterocycles. The summed E-state index contributed by atoms with van der Waals surface area (Å²) >= 11 is 0. The van der Waals surface area contributed by atoms with E-state index in [1.807, 2.05) is 13.8 Å². The van der Waals surface area contributed by atoms with Crippen LogP contribution < -0.4 is 14.2 Å². The van der Waals surface area contributed by atoms with E-state index in [4.69, 9.17) is 14.2 Å². The maximum atomic E-state index is 12.9. The van der Waals surface area contributed by atoms with E-state index in [0.717, 1.165) is 12.0 Å². The number of fused-ring (bicyclic) bond motifs is 2. The van der Waals surface area contributed by atoms with Crippen molar-refractivity contribution in [3.63, 3.8) is 0 Å². The van der Waals surface area contributed by atoms with Gasteiger partial charge in [-0.15, -0.1) is 0 Å². The van der Waals surface area contributed by atoms with Gasteiger partial charge in [0.05, 0.1) is 12.5 Å². The van der Waals surface area contributed by atoms with E-state index in [9.17, 15) is 19.8 Å². The Hall–Kier alpha value is -3.32. The second kappa shape index (κ2) is 9.27. The van der Waals surface area contributed by atoms with Crippen LogP contribution in [0.2, 0.25) is 0 Å². The monoisotopic (exact) mass is 452 g/mol. The van der Waals surface area contributed by atoms with Gasteiger partial charge in [-0.3, -0.25) is 9.59 Å². The van der Waals surface area contributed by atoms with Gasteiger partial charge in [-0.25, -0.2) is 0 Å². The Kier molecular flexibility index (Phi) is 6.42. The summed E-state index contributed by atoms with van der Waals surface area (Å²) in [5.41, 5.74) is 2.62. The van der Waals surface area contributed by atoms with Gasteiger partial charge in [0.15, 0.2) is 5.78 Å². The number of ketones is 1. The standard InChI is InChI=1S/C26H28O7/c1-14(2)5-4-6-19(28)23-11-18-22(33-23)13-24-25(26(18)30)20(29)12-21(32-24)16-7-9-17(10-8-16)31-15(3)27/h5,7-10,13,19,21,23,28,30H,4,6,11-12H2,1-3H3/t19-,21-,23+/m0/s1. The molecule has 0 bridgehead atoms. The highest BCUT2D eigenvalue weighted by atomic mass is 16.5. The minimum Gasteiger partial charge on any atom is -0.507 e. The third-order valence-electron chi connectivity index (χ3n) is 5.89. The third kappa shape index (κ3) is 4.88. The molecule has 3 atom stereocenters. The van der Waals surface area contributed by atoms with Crippen LogP contribution in [0.15, 0.2) is 42.0 Å². The number of phenols is 1. The number of aliphatic hydroxyl groups excluding tert-OH is 1. The molecule has 7 heteroatoms. The van der Waals surface area contributed by atoms with Gasteiger partial charge < -0.3 is 24.4 Å². The Bertz CT molecular complexity index is 1100. The lowest BCUT2D eigenvalue weighted by Crippen LogP contribution is -2.29. The summed E-state index contributed by atoms with van der Waals surface area (Å²) in [5.74, 6) is 0.332. The summed E-state index contributed by atoms with van der Waals surface area (Å²) < 4.78 is 17.0. The molecule has 2 aliphatic heterocycles. The second-order valence-corrected chi connectivity index (χ2v) is 8.76. The molecule has 0 radical (unpaired) electrons. The van der Waals surface area contributed by atoms with Crippen molar-refractivity contribution in [2.24, 2.45) is 0 Å². The lowest BCUT2D eigenvalue weighted by atomic mass is 9.92. The second-order valence-electron chi connectivity index (χ2n) is 8.76. The van der Waals surface area contributed by atoms with Gasteiger partial charge in [-0.05, 0) is 44.4 Å². The number of ether oxygens (including phenoxy) is 3. The average Bonchev–Trinajstić information content (AvgIpc) is 3.18. The van der Waals surface area contributed by atoms with Crippen LogP contribution in [0.3, 0.4) is 0 Å². The predicted octanol–water partition coefficient (Wildman–Crippen LogP) is 4.43. The molecule has 174 valence electrons. The Morgan fingerprint density at radius 1 is 1.15 bits per heavy atom. The molecule has 33 heavy (non-hydrogen) atoms. The average molecular weight is 453 g/mol. The molecule has 0 unspecified atom stereocenters. The summed E-state index contributed by atoms with van der Waals surface area (Å²) in [6.07, 6.45) is 2.03. The molecule has 0 saturated carbocycles. The number of hydrogen-bond donors (Lipinski definition) is 2. The smallest absolute Gasteiger partial charge is 0.308 e. The van der Waals surface area contributed by atoms with Gasteiger partial charge in [-0.2, -0.15) is 0 Å². The molecule has 2 N–H and O–H groups in total. The summed E-state index contributed by atoms with van der Waals surface area (Å²) in [6, 6.07) is 8.40. The van der Waals surface area contributed by atoms with Crippen LogP contribution in [0, 0.1) is 0 Å². The molecular weight excluding hydrogens is 424 g/mol. The van der Waals surface area contributed by atoms with Crippen molar-refractivity contribution in [2.45, 2.75) is 64.8 Å². The highest BCUT2D eigenvalue weighted by Gasteiger charge is 2.38. The summed E-state index contributed by atoms with van der Waals surface area (Å²) in [5, 5.41) is 21.4. The molecule has 0 amide bonds. The van der Waals surface area contributed by atoms with E-state index in [0.29, 0.717) is 29.9 Å². The van der Waals surface area contributed by atoms with Crippen molar-refractivity contribution < 1.29 is 34.0 Å². The quantitative estimate of drug-likeness (QED) is 0.380. The summed E-state index contributed by atoms with van der Waals surface area (Å²) in [6.45, 7) is 5.35. The van der Waals surface area contributed by atoms with Gasteiger partial charge in [-0.1, -0.05) is 23.8 Å². The number of rotatable bonds is 6. The van der Waals surface area contributed by atoms with Crippen LogP contribution >= 0.6 is 0 Å². The van der Waals surface area contributed by atoms with Crippen molar-refractivity contribution >= 4 is 11.8 Å². The first-order valence-electron chi connectivity index (χ1n) is 11.1. The van der Waals surface area contributed by atoms with Crippen LogP contribution in [0.5, 0.6) is 23.0 Å². The van der Waals surface area contributed by atoms with Crippen molar-refractivity contribution in [3.05, 3.63) is 58.7 Å². The van der Waals surface area contributed by atoms with E-state index < -0.39 is 24.3 Å². The molecule has 2 heterocycles. The number of carbonyl (C=O) groups is 2. The number of benzene rings is 2. The molecular formula is C26H28O7. The summed E-state index contributed by atoms with van der Waals surface area (Å²) in [4.78, 5) is 24.0. The third-order valence-corrected chi connectivity index (χ3v) is 5.89. The van der Waals surface area contributed by atoms with E-state index >= 15 is 0 Å². The van der Waals surface area contributed by atoms with Crippen LogP contribution in [-0.4, -0.2) is 34.2 Å². The largest absolute Gasteiger partial charge is 0.507 e. The van der Waals surface area contributed by atoms with Crippen LogP contribution in [0.1, 0.15) is 67.6 Å². The first-order chi connectivity index (χ1) is 15.7. The number of carbonyl (C=O) groups excluding carboxylic acids is 2. The number of allylic oxidation sites excluding steroid dienone is 2. The fraction of sp³-hybridized carbons (Fsp3) is 0.385. The van der Waals surface area contributed by atoms with E-state index in [1.54, 1.807) is 30.3 Å². The van der Waals surface area contributed by atoms with Crippen molar-refractivity contribution in [3.8, 4) is 23.0 Å². The number of aliphatic hydroxyl groups is 1. The van der Waals surface area contributed by atoms with Gasteiger partial charge in [0.25, 0.3) is 0 Å². The van der Waals surface area contributed by atoms with Crippen LogP contribution in [-0.2, 0) is 11.2 Å². The topological polar surface area (TPSA) is 102 Å². The Labute approximate surface area is 192 Å². The van der Waals surface area contributed by atoms with Crippen LogP contribution in [0.4, 0.5) is 0 Å². The van der Waals surface area contributed by atoms with E-state index in [-0.39, 0.29) is 29.3 Å². The van der Waals surface area contributed by atoms with E-state index in [2.05, 4.69) is 6.08 Å². The van der Waals surface area contributed by atoms with Crippen molar-refractivity contribution in [1.82, 2.24) is 0 Å². The zero-order valence-corrected chi connectivity index (χ0v) is 19.0. The lowest BCUT2D eigenvalue weighted by molar-refractivity contribution is -0.131. The fourth-order valence-electron chi connectivity index (χ4n) is 4.24. The number of hydrogen-bond acceptors (Lipinski definition) is 7. The molecule has 0 aliphatic carbocycles. The van der Waals surface area contributed by atoms with E-state index in [1.165, 1.54) is 12.5 Å². The molecule has 0 spiro atoms.